The van der Waals surface area contributed by atoms with Crippen molar-refractivity contribution in [2.24, 2.45) is 0 Å². The van der Waals surface area contributed by atoms with Gasteiger partial charge in [0, 0.05) is 16.2 Å². The van der Waals surface area contributed by atoms with Crippen LogP contribution in [0.2, 0.25) is 0 Å². The first-order valence-corrected chi connectivity index (χ1v) is 5.21. The summed E-state index contributed by atoms with van der Waals surface area (Å²) in [7, 11) is 0. The van der Waals surface area contributed by atoms with Crippen LogP contribution in [0.15, 0.2) is 47.1 Å². The Labute approximate surface area is 96.3 Å². The summed E-state index contributed by atoms with van der Waals surface area (Å²) in [5.74, 6) is 0. The lowest BCUT2D eigenvalue weighted by molar-refractivity contribution is 1.31. The van der Waals surface area contributed by atoms with Crippen LogP contribution < -0.4 is 0 Å². The van der Waals surface area contributed by atoms with Gasteiger partial charge in [-0.05, 0) is 40.2 Å². The van der Waals surface area contributed by atoms with Crippen molar-refractivity contribution in [2.45, 2.75) is 0 Å². The maximum absolute atomic E-state index is 8.78. The molecule has 0 bridgehead atoms. The molecule has 0 radical (unpaired) electrons. The zero-order valence-electron chi connectivity index (χ0n) is 7.81. The van der Waals surface area contributed by atoms with E-state index in [4.69, 9.17) is 5.26 Å². The number of aromatic nitrogens is 1. The predicted molar refractivity (Wildman–Crippen MR) is 62.1 cm³/mol. The molecule has 3 heteroatoms. The predicted octanol–water partition coefficient (Wildman–Crippen LogP) is 3.38. The molecule has 0 atom stereocenters. The standard InChI is InChI=1S/C12H7BrN2/c13-11-4-5-12(15-8-11)10-3-1-2-9(6-10)7-14/h1-6,8H. The van der Waals surface area contributed by atoms with Gasteiger partial charge in [-0.3, -0.25) is 4.98 Å². The number of halogens is 1. The zero-order valence-corrected chi connectivity index (χ0v) is 9.40. The van der Waals surface area contributed by atoms with E-state index in [0.717, 1.165) is 15.7 Å². The van der Waals surface area contributed by atoms with Crippen molar-refractivity contribution >= 4 is 15.9 Å². The number of rotatable bonds is 1. The molecule has 2 rings (SSSR count). The highest BCUT2D eigenvalue weighted by Gasteiger charge is 1.99. The van der Waals surface area contributed by atoms with Gasteiger partial charge < -0.3 is 0 Å². The maximum Gasteiger partial charge on any atom is 0.0991 e. The number of nitriles is 1. The maximum atomic E-state index is 8.78. The summed E-state index contributed by atoms with van der Waals surface area (Å²) in [6.07, 6.45) is 1.74. The van der Waals surface area contributed by atoms with E-state index in [1.54, 1.807) is 12.3 Å². The van der Waals surface area contributed by atoms with E-state index >= 15 is 0 Å². The van der Waals surface area contributed by atoms with Gasteiger partial charge in [-0.1, -0.05) is 12.1 Å². The van der Waals surface area contributed by atoms with Crippen LogP contribution in [0.5, 0.6) is 0 Å². The van der Waals surface area contributed by atoms with Crippen molar-refractivity contribution in [1.82, 2.24) is 4.98 Å². The molecular formula is C12H7BrN2. The molecule has 0 saturated carbocycles. The van der Waals surface area contributed by atoms with Gasteiger partial charge in [-0.15, -0.1) is 0 Å². The fourth-order valence-corrected chi connectivity index (χ4v) is 1.53. The summed E-state index contributed by atoms with van der Waals surface area (Å²) < 4.78 is 0.947. The Balaban J connectivity index is 2.46. The molecule has 1 aromatic heterocycles. The number of hydrogen-bond donors (Lipinski definition) is 0. The van der Waals surface area contributed by atoms with Gasteiger partial charge in [0.2, 0.25) is 0 Å². The molecule has 0 aliphatic heterocycles. The van der Waals surface area contributed by atoms with Gasteiger partial charge in [0.05, 0.1) is 17.3 Å². The van der Waals surface area contributed by atoms with Crippen LogP contribution in [-0.4, -0.2) is 4.98 Å². The van der Waals surface area contributed by atoms with Gasteiger partial charge >= 0.3 is 0 Å². The van der Waals surface area contributed by atoms with E-state index in [-0.39, 0.29) is 0 Å². The fourth-order valence-electron chi connectivity index (χ4n) is 1.29. The molecule has 0 amide bonds. The van der Waals surface area contributed by atoms with E-state index in [1.807, 2.05) is 30.3 Å². The van der Waals surface area contributed by atoms with Crippen molar-refractivity contribution < 1.29 is 0 Å². The Morgan fingerprint density at radius 3 is 2.73 bits per heavy atom. The minimum absolute atomic E-state index is 0.650. The molecule has 1 aromatic carbocycles. The largest absolute Gasteiger partial charge is 0.255 e. The number of nitrogens with zero attached hydrogens (tertiary/aromatic N) is 2. The first-order chi connectivity index (χ1) is 7.29. The average molecular weight is 259 g/mol. The molecule has 2 aromatic rings. The highest BCUT2D eigenvalue weighted by atomic mass is 79.9. The lowest BCUT2D eigenvalue weighted by atomic mass is 10.1. The topological polar surface area (TPSA) is 36.7 Å². The number of benzene rings is 1. The Morgan fingerprint density at radius 2 is 2.07 bits per heavy atom. The van der Waals surface area contributed by atoms with Crippen molar-refractivity contribution in [3.8, 4) is 17.3 Å². The second kappa shape index (κ2) is 4.24. The van der Waals surface area contributed by atoms with Crippen LogP contribution in [0.4, 0.5) is 0 Å². The summed E-state index contributed by atoms with van der Waals surface area (Å²) in [5, 5.41) is 8.78. The average Bonchev–Trinajstić information content (AvgIpc) is 2.30. The van der Waals surface area contributed by atoms with Gasteiger partial charge in [-0.25, -0.2) is 0 Å². The normalized spacial score (nSPS) is 9.60. The monoisotopic (exact) mass is 258 g/mol. The third-order valence-corrected chi connectivity index (χ3v) is 2.48. The molecule has 1 heterocycles. The minimum Gasteiger partial charge on any atom is -0.255 e. The lowest BCUT2D eigenvalue weighted by Crippen LogP contribution is -1.83. The second-order valence-corrected chi connectivity index (χ2v) is 3.97. The molecule has 0 saturated heterocycles. The Kier molecular flexibility index (Phi) is 2.79. The lowest BCUT2D eigenvalue weighted by Gasteiger charge is -2.00. The number of hydrogen-bond acceptors (Lipinski definition) is 2. The summed E-state index contributed by atoms with van der Waals surface area (Å²) >= 11 is 3.33. The highest BCUT2D eigenvalue weighted by molar-refractivity contribution is 9.10. The first kappa shape index (κ1) is 9.88. The summed E-state index contributed by atoms with van der Waals surface area (Å²) in [6, 6.07) is 13.4. The second-order valence-electron chi connectivity index (χ2n) is 3.05. The Morgan fingerprint density at radius 1 is 1.20 bits per heavy atom. The van der Waals surface area contributed by atoms with E-state index in [1.165, 1.54) is 0 Å². The van der Waals surface area contributed by atoms with Crippen LogP contribution in [0.3, 0.4) is 0 Å². The van der Waals surface area contributed by atoms with Gasteiger partial charge in [0.15, 0.2) is 0 Å². The quantitative estimate of drug-likeness (QED) is 0.787. The molecule has 0 aliphatic carbocycles. The van der Waals surface area contributed by atoms with Crippen LogP contribution in [0.1, 0.15) is 5.56 Å². The first-order valence-electron chi connectivity index (χ1n) is 4.42. The van der Waals surface area contributed by atoms with E-state index in [2.05, 4.69) is 27.0 Å². The summed E-state index contributed by atoms with van der Waals surface area (Å²) in [4.78, 5) is 4.27. The van der Waals surface area contributed by atoms with Gasteiger partial charge in [-0.2, -0.15) is 5.26 Å². The molecular weight excluding hydrogens is 252 g/mol. The highest BCUT2D eigenvalue weighted by Crippen LogP contribution is 2.19. The van der Waals surface area contributed by atoms with Crippen LogP contribution >= 0.6 is 15.9 Å². The van der Waals surface area contributed by atoms with Gasteiger partial charge in [0.25, 0.3) is 0 Å². The third kappa shape index (κ3) is 2.23. The SMILES string of the molecule is N#Cc1cccc(-c2ccc(Br)cn2)c1. The smallest absolute Gasteiger partial charge is 0.0991 e. The van der Waals surface area contributed by atoms with Crippen molar-refractivity contribution in [1.29, 1.82) is 5.26 Å². The van der Waals surface area contributed by atoms with Crippen LogP contribution in [-0.2, 0) is 0 Å². The van der Waals surface area contributed by atoms with Crippen molar-refractivity contribution in [3.05, 3.63) is 52.6 Å². The molecule has 72 valence electrons. The zero-order chi connectivity index (χ0) is 10.7. The Hall–Kier alpha value is -1.66. The molecule has 0 aliphatic rings. The molecule has 0 N–H and O–H groups in total. The van der Waals surface area contributed by atoms with Crippen LogP contribution in [0, 0.1) is 11.3 Å². The molecule has 15 heavy (non-hydrogen) atoms. The third-order valence-electron chi connectivity index (χ3n) is 2.01. The van der Waals surface area contributed by atoms with Crippen molar-refractivity contribution in [3.63, 3.8) is 0 Å². The van der Waals surface area contributed by atoms with Crippen LogP contribution in [0.25, 0.3) is 11.3 Å². The summed E-state index contributed by atoms with van der Waals surface area (Å²) in [5.41, 5.74) is 2.48. The minimum atomic E-state index is 0.650. The fraction of sp³-hybridized carbons (Fsp3) is 0. The van der Waals surface area contributed by atoms with E-state index in [9.17, 15) is 0 Å². The van der Waals surface area contributed by atoms with E-state index in [0.29, 0.717) is 5.56 Å². The van der Waals surface area contributed by atoms with Crippen molar-refractivity contribution in [2.75, 3.05) is 0 Å². The summed E-state index contributed by atoms with van der Waals surface area (Å²) in [6.45, 7) is 0. The molecule has 0 spiro atoms. The molecule has 0 fully saturated rings. The molecule has 2 nitrogen and oxygen atoms in total. The Bertz CT molecular complexity index is 512. The number of pyridine rings is 1. The molecule has 0 unspecified atom stereocenters. The van der Waals surface area contributed by atoms with Gasteiger partial charge in [0.1, 0.15) is 0 Å². The van der Waals surface area contributed by atoms with E-state index < -0.39 is 0 Å².